The molecule has 1 heterocycles. The molecule has 18 heavy (non-hydrogen) atoms. The maximum atomic E-state index is 11.6. The maximum absolute atomic E-state index is 11.6. The Morgan fingerprint density at radius 1 is 1.39 bits per heavy atom. The van der Waals surface area contributed by atoms with E-state index >= 15 is 0 Å². The molecule has 0 radical (unpaired) electrons. The number of benzene rings is 1. The molecule has 0 amide bonds. The first kappa shape index (κ1) is 13.3. The molecule has 0 aromatic heterocycles. The van der Waals surface area contributed by atoms with Crippen LogP contribution in [0.5, 0.6) is 5.75 Å². The lowest BCUT2D eigenvalue weighted by atomic mass is 9.97. The van der Waals surface area contributed by atoms with Crippen LogP contribution in [0.4, 0.5) is 0 Å². The van der Waals surface area contributed by atoms with Crippen molar-refractivity contribution < 1.29 is 19.7 Å². The zero-order valence-electron chi connectivity index (χ0n) is 9.80. The molecule has 98 valence electrons. The summed E-state index contributed by atoms with van der Waals surface area (Å²) in [4.78, 5) is 11.6. The van der Waals surface area contributed by atoms with Gasteiger partial charge in [0.2, 0.25) is 0 Å². The van der Waals surface area contributed by atoms with Crippen molar-refractivity contribution in [2.75, 3.05) is 12.5 Å². The molecule has 0 saturated carbocycles. The quantitative estimate of drug-likeness (QED) is 0.817. The van der Waals surface area contributed by atoms with Gasteiger partial charge >= 0.3 is 0 Å². The lowest BCUT2D eigenvalue weighted by Crippen LogP contribution is -2.20. The summed E-state index contributed by atoms with van der Waals surface area (Å²) >= 11 is 5.52. The van der Waals surface area contributed by atoms with Crippen molar-refractivity contribution in [2.45, 2.75) is 25.0 Å². The summed E-state index contributed by atoms with van der Waals surface area (Å²) in [6.45, 7) is 0.357. The third-order valence-corrected chi connectivity index (χ3v) is 3.22. The van der Waals surface area contributed by atoms with Gasteiger partial charge in [0, 0.05) is 12.3 Å². The normalized spacial score (nSPS) is 17.8. The fourth-order valence-electron chi connectivity index (χ4n) is 1.95. The van der Waals surface area contributed by atoms with Crippen LogP contribution in [0, 0.1) is 0 Å². The van der Waals surface area contributed by atoms with E-state index in [-0.39, 0.29) is 11.7 Å². The Labute approximate surface area is 110 Å². The summed E-state index contributed by atoms with van der Waals surface area (Å²) in [7, 11) is 0. The van der Waals surface area contributed by atoms with Gasteiger partial charge in [-0.05, 0) is 24.1 Å². The zero-order chi connectivity index (χ0) is 13.1. The van der Waals surface area contributed by atoms with Gasteiger partial charge in [-0.25, -0.2) is 0 Å². The summed E-state index contributed by atoms with van der Waals surface area (Å²) in [5.74, 6) is 0.789. The number of fused-ring (bicyclic) bond motifs is 1. The molecule has 1 aromatic rings. The molecule has 0 saturated heterocycles. The van der Waals surface area contributed by atoms with Gasteiger partial charge in [0.1, 0.15) is 11.9 Å². The summed E-state index contributed by atoms with van der Waals surface area (Å²) in [6.07, 6.45) is -1.25. The first-order chi connectivity index (χ1) is 8.63. The van der Waals surface area contributed by atoms with E-state index in [1.165, 1.54) is 0 Å². The van der Waals surface area contributed by atoms with Crippen molar-refractivity contribution in [3.05, 3.63) is 29.3 Å². The topological polar surface area (TPSA) is 66.8 Å². The van der Waals surface area contributed by atoms with Crippen molar-refractivity contribution in [1.82, 2.24) is 0 Å². The molecule has 1 aliphatic rings. The number of carbonyl (C=O) groups excluding carboxylic acids is 1. The van der Waals surface area contributed by atoms with Crippen molar-refractivity contribution in [3.8, 4) is 5.75 Å². The number of aliphatic hydroxyl groups excluding tert-OH is 2. The Morgan fingerprint density at radius 3 is 2.89 bits per heavy atom. The average Bonchev–Trinajstić information content (AvgIpc) is 2.38. The van der Waals surface area contributed by atoms with Gasteiger partial charge in [-0.3, -0.25) is 4.79 Å². The molecule has 1 aliphatic heterocycles. The molecule has 2 N–H and O–H groups in total. The minimum atomic E-state index is -1.02. The molecule has 4 nitrogen and oxygen atoms in total. The van der Waals surface area contributed by atoms with Gasteiger partial charge in [0.15, 0.2) is 5.78 Å². The largest absolute Gasteiger partial charge is 0.492 e. The van der Waals surface area contributed by atoms with Crippen LogP contribution in [0.25, 0.3) is 0 Å². The minimum Gasteiger partial charge on any atom is -0.492 e. The number of ether oxygens (including phenoxy) is 1. The summed E-state index contributed by atoms with van der Waals surface area (Å²) in [6, 6.07) is 4.87. The van der Waals surface area contributed by atoms with Gasteiger partial charge in [-0.15, -0.1) is 11.6 Å². The molecule has 5 heteroatoms. The highest BCUT2D eigenvalue weighted by molar-refractivity contribution is 6.17. The molecular formula is C13H15ClO4. The van der Waals surface area contributed by atoms with E-state index in [0.717, 1.165) is 0 Å². The van der Waals surface area contributed by atoms with Crippen molar-refractivity contribution in [1.29, 1.82) is 0 Å². The Hall–Kier alpha value is -1.10. The molecule has 0 spiro atoms. The fourth-order valence-corrected chi connectivity index (χ4v) is 2.18. The van der Waals surface area contributed by atoms with E-state index < -0.39 is 12.2 Å². The van der Waals surface area contributed by atoms with E-state index in [0.29, 0.717) is 36.3 Å². The van der Waals surface area contributed by atoms with Crippen LogP contribution in [-0.2, 0) is 0 Å². The summed E-state index contributed by atoms with van der Waals surface area (Å²) in [5, 5.41) is 19.6. The van der Waals surface area contributed by atoms with Gasteiger partial charge in [0.25, 0.3) is 0 Å². The lowest BCUT2D eigenvalue weighted by Gasteiger charge is -2.21. The van der Waals surface area contributed by atoms with E-state index in [9.17, 15) is 15.0 Å². The Morgan fingerprint density at radius 2 is 2.17 bits per heavy atom. The number of carbonyl (C=O) groups is 1. The van der Waals surface area contributed by atoms with E-state index in [2.05, 4.69) is 0 Å². The van der Waals surface area contributed by atoms with Gasteiger partial charge in [-0.1, -0.05) is 6.07 Å². The number of hydrogen-bond donors (Lipinski definition) is 2. The number of rotatable bonds is 4. The monoisotopic (exact) mass is 270 g/mol. The maximum Gasteiger partial charge on any atom is 0.169 e. The molecule has 0 fully saturated rings. The third kappa shape index (κ3) is 2.66. The van der Waals surface area contributed by atoms with Crippen LogP contribution in [0.3, 0.4) is 0 Å². The van der Waals surface area contributed by atoms with Crippen molar-refractivity contribution in [2.24, 2.45) is 0 Å². The Kier molecular flexibility index (Phi) is 4.22. The zero-order valence-corrected chi connectivity index (χ0v) is 10.6. The number of aliphatic hydroxyl groups is 2. The summed E-state index contributed by atoms with van der Waals surface area (Å²) in [5.41, 5.74) is 1.06. The predicted octanol–water partition coefficient (Wildman–Crippen LogP) is 1.68. The van der Waals surface area contributed by atoms with Crippen molar-refractivity contribution >= 4 is 17.4 Å². The van der Waals surface area contributed by atoms with Crippen LogP contribution < -0.4 is 4.74 Å². The smallest absolute Gasteiger partial charge is 0.169 e. The predicted molar refractivity (Wildman–Crippen MR) is 67.2 cm³/mol. The molecule has 2 atom stereocenters. The van der Waals surface area contributed by atoms with Crippen LogP contribution in [-0.4, -0.2) is 34.6 Å². The van der Waals surface area contributed by atoms with Crippen LogP contribution in [0.2, 0.25) is 0 Å². The molecule has 0 bridgehead atoms. The first-order valence-electron chi connectivity index (χ1n) is 5.85. The molecule has 2 unspecified atom stereocenters. The lowest BCUT2D eigenvalue weighted by molar-refractivity contribution is 0.0168. The first-order valence-corrected chi connectivity index (χ1v) is 6.39. The molecule has 2 rings (SSSR count). The van der Waals surface area contributed by atoms with Gasteiger partial charge in [-0.2, -0.15) is 0 Å². The molecule has 0 aliphatic carbocycles. The SMILES string of the molecule is O=C1CCOc2cc(C(O)C(O)CCCl)ccc21. The van der Waals surface area contributed by atoms with Gasteiger partial charge < -0.3 is 14.9 Å². The average molecular weight is 271 g/mol. The standard InChI is InChI=1S/C13H15ClO4/c14-5-3-11(16)13(17)8-1-2-9-10(15)4-6-18-12(9)7-8/h1-2,7,11,13,16-17H,3-6H2. The van der Waals surface area contributed by atoms with Gasteiger partial charge in [0.05, 0.1) is 18.3 Å². The number of ketones is 1. The number of alkyl halides is 1. The van der Waals surface area contributed by atoms with E-state index in [1.54, 1.807) is 18.2 Å². The fraction of sp³-hybridized carbons (Fsp3) is 0.462. The number of hydrogen-bond acceptors (Lipinski definition) is 4. The minimum absolute atomic E-state index is 0.0404. The van der Waals surface area contributed by atoms with Crippen LogP contribution in [0.1, 0.15) is 34.9 Å². The Bertz CT molecular complexity index is 447. The Balaban J connectivity index is 2.23. The van der Waals surface area contributed by atoms with Crippen LogP contribution in [0.15, 0.2) is 18.2 Å². The van der Waals surface area contributed by atoms with E-state index in [1.807, 2.05) is 0 Å². The highest BCUT2D eigenvalue weighted by Gasteiger charge is 2.23. The second kappa shape index (κ2) is 5.69. The number of Topliss-reactive ketones (excluding diaryl/α,β-unsaturated/α-hetero) is 1. The summed E-state index contributed by atoms with van der Waals surface area (Å²) < 4.78 is 5.38. The van der Waals surface area contributed by atoms with E-state index in [4.69, 9.17) is 16.3 Å². The third-order valence-electron chi connectivity index (χ3n) is 3.00. The van der Waals surface area contributed by atoms with Crippen LogP contribution >= 0.6 is 11.6 Å². The molecular weight excluding hydrogens is 256 g/mol. The second-order valence-electron chi connectivity index (χ2n) is 4.27. The molecule has 1 aromatic carbocycles. The number of halogens is 1. The highest BCUT2D eigenvalue weighted by Crippen LogP contribution is 2.29. The van der Waals surface area contributed by atoms with Crippen molar-refractivity contribution in [3.63, 3.8) is 0 Å². The second-order valence-corrected chi connectivity index (χ2v) is 4.65. The highest BCUT2D eigenvalue weighted by atomic mass is 35.5.